The molecular weight excluding hydrogens is 234 g/mol. The van der Waals surface area contributed by atoms with Crippen molar-refractivity contribution in [2.75, 3.05) is 25.6 Å². The number of alkyl halides is 1. The molecule has 0 bridgehead atoms. The number of morpholine rings is 1. The lowest BCUT2D eigenvalue weighted by Crippen LogP contribution is -2.52. The van der Waals surface area contributed by atoms with Crippen LogP contribution in [0.3, 0.4) is 0 Å². The van der Waals surface area contributed by atoms with Crippen LogP contribution < -0.4 is 0 Å². The maximum Gasteiger partial charge on any atom is 0.0730 e. The molecule has 100 valence electrons. The summed E-state index contributed by atoms with van der Waals surface area (Å²) in [5.74, 6) is 0.822. The fraction of sp³-hybridized carbons (Fsp3) is 1.00. The van der Waals surface area contributed by atoms with Crippen LogP contribution in [-0.2, 0) is 4.74 Å². The summed E-state index contributed by atoms with van der Waals surface area (Å²) in [4.78, 5) is 2.69. The van der Waals surface area contributed by atoms with Gasteiger partial charge in [-0.3, -0.25) is 4.90 Å². The zero-order valence-corrected chi connectivity index (χ0v) is 11.6. The monoisotopic (exact) mass is 259 g/mol. The molecule has 17 heavy (non-hydrogen) atoms. The number of ether oxygens (including phenoxy) is 1. The Hall–Kier alpha value is 0.210. The SMILES string of the molecule is ClCCCCCCN1CCOC2CCCCC21. The highest BCUT2D eigenvalue weighted by Gasteiger charge is 2.33. The van der Waals surface area contributed by atoms with Gasteiger partial charge in [0.25, 0.3) is 0 Å². The predicted octanol–water partition coefficient (Wildman–Crippen LogP) is 3.43. The van der Waals surface area contributed by atoms with Gasteiger partial charge in [-0.05, 0) is 32.2 Å². The van der Waals surface area contributed by atoms with Crippen LogP contribution in [0, 0.1) is 0 Å². The first-order valence-corrected chi connectivity index (χ1v) is 7.87. The largest absolute Gasteiger partial charge is 0.375 e. The minimum atomic E-state index is 0.542. The number of hydrogen-bond donors (Lipinski definition) is 0. The quantitative estimate of drug-likeness (QED) is 0.535. The van der Waals surface area contributed by atoms with Crippen LogP contribution in [0.5, 0.6) is 0 Å². The number of halogens is 1. The van der Waals surface area contributed by atoms with Gasteiger partial charge < -0.3 is 4.74 Å². The molecule has 2 aliphatic rings. The third kappa shape index (κ3) is 4.11. The van der Waals surface area contributed by atoms with Crippen molar-refractivity contribution in [1.29, 1.82) is 0 Å². The third-order valence-electron chi connectivity index (χ3n) is 4.18. The molecule has 3 heteroatoms. The summed E-state index contributed by atoms with van der Waals surface area (Å²) in [5.41, 5.74) is 0. The Kier molecular flexibility index (Phi) is 6.10. The second-order valence-corrected chi connectivity index (χ2v) is 5.78. The van der Waals surface area contributed by atoms with Gasteiger partial charge in [0.15, 0.2) is 0 Å². The van der Waals surface area contributed by atoms with Crippen molar-refractivity contribution < 1.29 is 4.74 Å². The molecule has 1 heterocycles. The van der Waals surface area contributed by atoms with Gasteiger partial charge in [0.2, 0.25) is 0 Å². The lowest BCUT2D eigenvalue weighted by atomic mass is 9.90. The van der Waals surface area contributed by atoms with Crippen LogP contribution in [0.15, 0.2) is 0 Å². The first kappa shape index (κ1) is 13.6. The Labute approximate surface area is 111 Å². The summed E-state index contributed by atoms with van der Waals surface area (Å²) in [5, 5.41) is 0. The van der Waals surface area contributed by atoms with Gasteiger partial charge in [0.1, 0.15) is 0 Å². The van der Waals surface area contributed by atoms with E-state index in [0.29, 0.717) is 6.10 Å². The molecule has 0 radical (unpaired) electrons. The minimum Gasteiger partial charge on any atom is -0.375 e. The number of rotatable bonds is 6. The van der Waals surface area contributed by atoms with E-state index >= 15 is 0 Å². The summed E-state index contributed by atoms with van der Waals surface area (Å²) in [7, 11) is 0. The van der Waals surface area contributed by atoms with E-state index in [2.05, 4.69) is 4.90 Å². The van der Waals surface area contributed by atoms with Crippen LogP contribution in [0.25, 0.3) is 0 Å². The van der Waals surface area contributed by atoms with Crippen LogP contribution in [-0.4, -0.2) is 42.6 Å². The van der Waals surface area contributed by atoms with E-state index in [4.69, 9.17) is 16.3 Å². The molecule has 0 aromatic heterocycles. The van der Waals surface area contributed by atoms with Gasteiger partial charge in [-0.1, -0.05) is 25.7 Å². The zero-order valence-electron chi connectivity index (χ0n) is 10.9. The summed E-state index contributed by atoms with van der Waals surface area (Å²) in [6.45, 7) is 3.37. The number of nitrogens with zero attached hydrogens (tertiary/aromatic N) is 1. The Morgan fingerprint density at radius 3 is 2.76 bits per heavy atom. The van der Waals surface area contributed by atoms with Gasteiger partial charge in [-0.25, -0.2) is 0 Å². The van der Waals surface area contributed by atoms with Gasteiger partial charge in [-0.2, -0.15) is 0 Å². The van der Waals surface area contributed by atoms with E-state index in [9.17, 15) is 0 Å². The van der Waals surface area contributed by atoms with E-state index in [1.807, 2.05) is 0 Å². The van der Waals surface area contributed by atoms with Crippen molar-refractivity contribution >= 4 is 11.6 Å². The normalized spacial score (nSPS) is 30.2. The summed E-state index contributed by atoms with van der Waals surface area (Å²) >= 11 is 5.69. The van der Waals surface area contributed by atoms with Crippen LogP contribution in [0.1, 0.15) is 51.4 Å². The van der Waals surface area contributed by atoms with E-state index in [1.165, 1.54) is 57.9 Å². The van der Waals surface area contributed by atoms with Crippen LogP contribution in [0.4, 0.5) is 0 Å². The topological polar surface area (TPSA) is 12.5 Å². The smallest absolute Gasteiger partial charge is 0.0730 e. The van der Waals surface area contributed by atoms with Crippen LogP contribution >= 0.6 is 11.6 Å². The molecule has 1 aliphatic carbocycles. The molecule has 1 saturated carbocycles. The second-order valence-electron chi connectivity index (χ2n) is 5.40. The maximum absolute atomic E-state index is 5.90. The van der Waals surface area contributed by atoms with Crippen LogP contribution in [0.2, 0.25) is 0 Å². The number of hydrogen-bond acceptors (Lipinski definition) is 2. The first-order valence-electron chi connectivity index (χ1n) is 7.33. The molecule has 2 fully saturated rings. The molecular formula is C14H26ClNO. The first-order chi connectivity index (χ1) is 8.42. The lowest BCUT2D eigenvalue weighted by molar-refractivity contribution is -0.0882. The Bertz CT molecular complexity index is 210. The fourth-order valence-electron chi connectivity index (χ4n) is 3.22. The highest BCUT2D eigenvalue weighted by Crippen LogP contribution is 2.28. The van der Waals surface area contributed by atoms with Crippen molar-refractivity contribution in [1.82, 2.24) is 4.90 Å². The zero-order chi connectivity index (χ0) is 11.9. The average molecular weight is 260 g/mol. The molecule has 0 spiro atoms. The van der Waals surface area contributed by atoms with Crippen molar-refractivity contribution in [2.24, 2.45) is 0 Å². The average Bonchev–Trinajstić information content (AvgIpc) is 2.39. The highest BCUT2D eigenvalue weighted by atomic mass is 35.5. The predicted molar refractivity (Wildman–Crippen MR) is 72.8 cm³/mol. The van der Waals surface area contributed by atoms with Crippen molar-refractivity contribution in [2.45, 2.75) is 63.5 Å². The van der Waals surface area contributed by atoms with Gasteiger partial charge in [0, 0.05) is 18.5 Å². The van der Waals surface area contributed by atoms with E-state index in [0.717, 1.165) is 25.1 Å². The van der Waals surface area contributed by atoms with E-state index in [1.54, 1.807) is 0 Å². The fourth-order valence-corrected chi connectivity index (χ4v) is 3.41. The van der Waals surface area contributed by atoms with Gasteiger partial charge in [0.05, 0.1) is 12.7 Å². The van der Waals surface area contributed by atoms with Gasteiger partial charge >= 0.3 is 0 Å². The van der Waals surface area contributed by atoms with E-state index < -0.39 is 0 Å². The molecule has 1 saturated heterocycles. The summed E-state index contributed by atoms with van der Waals surface area (Å²) < 4.78 is 5.90. The van der Waals surface area contributed by atoms with Crippen molar-refractivity contribution in [3.05, 3.63) is 0 Å². The second kappa shape index (κ2) is 7.60. The molecule has 2 atom stereocenters. The Balaban J connectivity index is 1.67. The van der Waals surface area contributed by atoms with Crippen molar-refractivity contribution in [3.8, 4) is 0 Å². The molecule has 0 aromatic carbocycles. The third-order valence-corrected chi connectivity index (χ3v) is 4.44. The molecule has 0 N–H and O–H groups in total. The molecule has 0 aromatic rings. The molecule has 2 rings (SSSR count). The van der Waals surface area contributed by atoms with Gasteiger partial charge in [-0.15, -0.1) is 11.6 Å². The Morgan fingerprint density at radius 1 is 1.06 bits per heavy atom. The summed E-state index contributed by atoms with van der Waals surface area (Å²) in [6.07, 6.45) is 11.1. The minimum absolute atomic E-state index is 0.542. The lowest BCUT2D eigenvalue weighted by Gasteiger charge is -2.43. The Morgan fingerprint density at radius 2 is 1.88 bits per heavy atom. The number of unbranched alkanes of at least 4 members (excludes halogenated alkanes) is 3. The molecule has 2 unspecified atom stereocenters. The standard InChI is InChI=1S/C14H26ClNO/c15-9-5-1-2-6-10-16-11-12-17-14-8-4-3-7-13(14)16/h13-14H,1-12H2. The molecule has 1 aliphatic heterocycles. The number of fused-ring (bicyclic) bond motifs is 1. The highest BCUT2D eigenvalue weighted by molar-refractivity contribution is 6.17. The van der Waals surface area contributed by atoms with E-state index in [-0.39, 0.29) is 0 Å². The maximum atomic E-state index is 5.90. The summed E-state index contributed by atoms with van der Waals surface area (Å²) in [6, 6.07) is 0.727. The van der Waals surface area contributed by atoms with Crippen molar-refractivity contribution in [3.63, 3.8) is 0 Å². The molecule has 2 nitrogen and oxygen atoms in total. The molecule has 0 amide bonds.